The number of alkyl halides is 2. The van der Waals surface area contributed by atoms with E-state index in [0.29, 0.717) is 19.1 Å². The molecule has 0 aromatic heterocycles. The maximum absolute atomic E-state index is 12.6. The van der Waals surface area contributed by atoms with E-state index in [0.717, 1.165) is 18.4 Å². The first-order chi connectivity index (χ1) is 9.06. The fourth-order valence-corrected chi connectivity index (χ4v) is 2.13. The molecule has 1 aliphatic rings. The number of rotatable bonds is 7. The molecule has 1 aromatic carbocycles. The zero-order valence-corrected chi connectivity index (χ0v) is 10.6. The smallest absolute Gasteiger partial charge is 0.304 e. The molecule has 19 heavy (non-hydrogen) atoms. The first-order valence-electron chi connectivity index (χ1n) is 6.39. The number of halogens is 2. The van der Waals surface area contributed by atoms with Gasteiger partial charge in [-0.1, -0.05) is 18.2 Å². The van der Waals surface area contributed by atoms with Gasteiger partial charge in [0.2, 0.25) is 0 Å². The van der Waals surface area contributed by atoms with Crippen molar-refractivity contribution in [2.24, 2.45) is 0 Å². The summed E-state index contributed by atoms with van der Waals surface area (Å²) in [6.07, 6.45) is -0.249. The van der Waals surface area contributed by atoms with Crippen LogP contribution in [0.5, 0.6) is 0 Å². The van der Waals surface area contributed by atoms with Crippen LogP contribution in [0.3, 0.4) is 0 Å². The normalized spacial score (nSPS) is 15.2. The van der Waals surface area contributed by atoms with Crippen molar-refractivity contribution in [3.05, 3.63) is 35.4 Å². The van der Waals surface area contributed by atoms with Crippen LogP contribution in [0, 0.1) is 0 Å². The second kappa shape index (κ2) is 6.10. The van der Waals surface area contributed by atoms with Crippen LogP contribution in [0.25, 0.3) is 0 Å². The van der Waals surface area contributed by atoms with Crippen molar-refractivity contribution in [1.29, 1.82) is 0 Å². The Morgan fingerprint density at radius 3 is 2.74 bits per heavy atom. The lowest BCUT2D eigenvalue weighted by atomic mass is 10.1. The molecule has 2 rings (SSSR count). The molecule has 0 saturated heterocycles. The number of carboxylic acid groups (broad SMARTS) is 1. The minimum absolute atomic E-state index is 0.0199. The maximum atomic E-state index is 12.6. The number of benzene rings is 1. The molecule has 1 fully saturated rings. The zero-order chi connectivity index (χ0) is 13.8. The lowest BCUT2D eigenvalue weighted by Crippen LogP contribution is -2.28. The van der Waals surface area contributed by atoms with Crippen LogP contribution >= 0.6 is 0 Å². The summed E-state index contributed by atoms with van der Waals surface area (Å²) in [5.74, 6) is -0.827. The van der Waals surface area contributed by atoms with E-state index in [4.69, 9.17) is 5.11 Å². The molecule has 3 nitrogen and oxygen atoms in total. The quantitative estimate of drug-likeness (QED) is 0.827. The summed E-state index contributed by atoms with van der Waals surface area (Å²) < 4.78 is 25.2. The van der Waals surface area contributed by atoms with Gasteiger partial charge in [-0.15, -0.1) is 0 Å². The largest absolute Gasteiger partial charge is 0.481 e. The van der Waals surface area contributed by atoms with Crippen LogP contribution < -0.4 is 0 Å². The van der Waals surface area contributed by atoms with Crippen LogP contribution in [0.2, 0.25) is 0 Å². The molecule has 1 N–H and O–H groups in total. The molecule has 1 saturated carbocycles. The molecule has 0 aliphatic heterocycles. The first kappa shape index (κ1) is 13.9. The molecule has 5 heteroatoms. The van der Waals surface area contributed by atoms with E-state index < -0.39 is 12.4 Å². The van der Waals surface area contributed by atoms with Crippen LogP contribution in [0.15, 0.2) is 24.3 Å². The molecule has 1 aliphatic carbocycles. The Hall–Kier alpha value is -1.49. The molecule has 0 amide bonds. The fourth-order valence-electron chi connectivity index (χ4n) is 2.13. The number of nitrogens with zero attached hydrogens (tertiary/aromatic N) is 1. The third kappa shape index (κ3) is 4.28. The summed E-state index contributed by atoms with van der Waals surface area (Å²) >= 11 is 0. The average molecular weight is 269 g/mol. The third-order valence-electron chi connectivity index (χ3n) is 3.26. The van der Waals surface area contributed by atoms with Crippen LogP contribution in [0.1, 0.15) is 36.8 Å². The SMILES string of the molecule is O=C(O)CCN(Cc1cccc(C(F)F)c1)C1CC1. The zero-order valence-electron chi connectivity index (χ0n) is 10.6. The summed E-state index contributed by atoms with van der Waals surface area (Å²) in [5, 5.41) is 8.72. The van der Waals surface area contributed by atoms with Gasteiger partial charge in [-0.3, -0.25) is 9.69 Å². The lowest BCUT2D eigenvalue weighted by molar-refractivity contribution is -0.137. The summed E-state index contributed by atoms with van der Waals surface area (Å²) in [7, 11) is 0. The maximum Gasteiger partial charge on any atom is 0.304 e. The lowest BCUT2D eigenvalue weighted by Gasteiger charge is -2.21. The van der Waals surface area contributed by atoms with Crippen molar-refractivity contribution in [2.75, 3.05) is 6.54 Å². The summed E-state index contributed by atoms with van der Waals surface area (Å²) in [6.45, 7) is 1.01. The highest BCUT2D eigenvalue weighted by Gasteiger charge is 2.29. The van der Waals surface area contributed by atoms with E-state index in [1.165, 1.54) is 12.1 Å². The van der Waals surface area contributed by atoms with Crippen molar-refractivity contribution in [3.8, 4) is 0 Å². The highest BCUT2D eigenvalue weighted by Crippen LogP contribution is 2.29. The van der Waals surface area contributed by atoms with Gasteiger partial charge >= 0.3 is 5.97 Å². The molecule has 0 atom stereocenters. The van der Waals surface area contributed by atoms with Crippen molar-refractivity contribution < 1.29 is 18.7 Å². The van der Waals surface area contributed by atoms with Gasteiger partial charge < -0.3 is 5.11 Å². The van der Waals surface area contributed by atoms with Gasteiger partial charge in [0.15, 0.2) is 0 Å². The average Bonchev–Trinajstić information content (AvgIpc) is 3.18. The Morgan fingerprint density at radius 2 is 2.16 bits per heavy atom. The van der Waals surface area contributed by atoms with E-state index in [1.54, 1.807) is 6.07 Å². The van der Waals surface area contributed by atoms with Gasteiger partial charge in [0.1, 0.15) is 0 Å². The van der Waals surface area contributed by atoms with Crippen molar-refractivity contribution >= 4 is 5.97 Å². The minimum Gasteiger partial charge on any atom is -0.481 e. The molecule has 0 heterocycles. The Kier molecular flexibility index (Phi) is 4.47. The molecule has 0 bridgehead atoms. The second-order valence-corrected chi connectivity index (χ2v) is 4.89. The number of hydrogen-bond donors (Lipinski definition) is 1. The number of carboxylic acids is 1. The molecule has 1 aromatic rings. The monoisotopic (exact) mass is 269 g/mol. The topological polar surface area (TPSA) is 40.5 Å². The van der Waals surface area contributed by atoms with Crippen LogP contribution in [0.4, 0.5) is 8.78 Å². The van der Waals surface area contributed by atoms with E-state index in [1.807, 2.05) is 6.07 Å². The van der Waals surface area contributed by atoms with E-state index in [9.17, 15) is 13.6 Å². The molecular weight excluding hydrogens is 252 g/mol. The van der Waals surface area contributed by atoms with Gasteiger partial charge in [-0.2, -0.15) is 0 Å². The Labute approximate surface area is 110 Å². The summed E-state index contributed by atoms with van der Waals surface area (Å²) in [5.41, 5.74) is 0.835. The molecule has 104 valence electrons. The number of carbonyl (C=O) groups is 1. The standard InChI is InChI=1S/C14H17F2NO2/c15-14(16)11-3-1-2-10(8-11)9-17(12-4-5-12)7-6-13(18)19/h1-3,8,12,14H,4-7,9H2,(H,18,19). The van der Waals surface area contributed by atoms with E-state index in [2.05, 4.69) is 4.90 Å². The predicted molar refractivity (Wildman–Crippen MR) is 67.1 cm³/mol. The molecule has 0 radical (unpaired) electrons. The highest BCUT2D eigenvalue weighted by atomic mass is 19.3. The summed E-state index contributed by atoms with van der Waals surface area (Å²) in [4.78, 5) is 12.7. The number of aliphatic carboxylic acids is 1. The van der Waals surface area contributed by atoms with Crippen molar-refractivity contribution in [1.82, 2.24) is 4.90 Å². The second-order valence-electron chi connectivity index (χ2n) is 4.89. The van der Waals surface area contributed by atoms with Crippen LogP contribution in [-0.4, -0.2) is 28.6 Å². The summed E-state index contributed by atoms with van der Waals surface area (Å²) in [6, 6.07) is 6.75. The molecule has 0 unspecified atom stereocenters. The predicted octanol–water partition coefficient (Wildman–Crippen LogP) is 3.06. The highest BCUT2D eigenvalue weighted by molar-refractivity contribution is 5.66. The molecule has 0 spiro atoms. The van der Waals surface area contributed by atoms with Gasteiger partial charge in [-0.25, -0.2) is 8.78 Å². The Balaban J connectivity index is 2.00. The number of hydrogen-bond acceptors (Lipinski definition) is 2. The van der Waals surface area contributed by atoms with Crippen molar-refractivity contribution in [3.63, 3.8) is 0 Å². The fraction of sp³-hybridized carbons (Fsp3) is 0.500. The third-order valence-corrected chi connectivity index (χ3v) is 3.26. The Morgan fingerprint density at radius 1 is 1.42 bits per heavy atom. The minimum atomic E-state index is -2.46. The van der Waals surface area contributed by atoms with Gasteiger partial charge in [-0.05, 0) is 24.5 Å². The molecular formula is C14H17F2NO2. The Bertz CT molecular complexity index is 447. The first-order valence-corrected chi connectivity index (χ1v) is 6.39. The van der Waals surface area contributed by atoms with Gasteiger partial charge in [0.05, 0.1) is 6.42 Å². The van der Waals surface area contributed by atoms with E-state index >= 15 is 0 Å². The van der Waals surface area contributed by atoms with Crippen LogP contribution in [-0.2, 0) is 11.3 Å². The van der Waals surface area contributed by atoms with Gasteiger partial charge in [0, 0.05) is 24.7 Å². The van der Waals surface area contributed by atoms with Crippen molar-refractivity contribution in [2.45, 2.75) is 38.3 Å². The van der Waals surface area contributed by atoms with E-state index in [-0.39, 0.29) is 12.0 Å². The van der Waals surface area contributed by atoms with Gasteiger partial charge in [0.25, 0.3) is 6.43 Å².